The van der Waals surface area contributed by atoms with Gasteiger partial charge in [0.2, 0.25) is 17.7 Å². The number of benzene rings is 1. The molecule has 33 heavy (non-hydrogen) atoms. The predicted molar refractivity (Wildman–Crippen MR) is 115 cm³/mol. The molecular formula is C23H27F3N4O3. The molecule has 0 aliphatic carbocycles. The minimum absolute atomic E-state index is 0.0532. The Labute approximate surface area is 190 Å². The third-order valence-corrected chi connectivity index (χ3v) is 5.24. The van der Waals surface area contributed by atoms with Gasteiger partial charge < -0.3 is 15.4 Å². The Morgan fingerprint density at radius 3 is 2.64 bits per heavy atom. The molecule has 3 rings (SSSR count). The van der Waals surface area contributed by atoms with Crippen LogP contribution in [0.25, 0.3) is 0 Å². The van der Waals surface area contributed by atoms with Crippen LogP contribution in [0, 0.1) is 5.92 Å². The molecule has 7 nitrogen and oxygen atoms in total. The summed E-state index contributed by atoms with van der Waals surface area (Å²) in [5.41, 5.74) is 0.181. The van der Waals surface area contributed by atoms with Crippen LogP contribution >= 0.6 is 0 Å². The third kappa shape index (κ3) is 6.22. The van der Waals surface area contributed by atoms with Crippen LogP contribution < -0.4 is 20.7 Å². The third-order valence-electron chi connectivity index (χ3n) is 5.24. The first-order valence-electron chi connectivity index (χ1n) is 10.7. The van der Waals surface area contributed by atoms with Gasteiger partial charge in [0.05, 0.1) is 12.2 Å². The number of nitrogens with zero attached hydrogens (tertiary/aromatic N) is 1. The number of carbonyl (C=O) groups is 2. The zero-order valence-electron chi connectivity index (χ0n) is 18.6. The Balaban J connectivity index is 1.88. The molecule has 2 amide bonds. The van der Waals surface area contributed by atoms with Crippen molar-refractivity contribution < 1.29 is 27.5 Å². The summed E-state index contributed by atoms with van der Waals surface area (Å²) in [6.45, 7) is 5.81. The second-order valence-corrected chi connectivity index (χ2v) is 8.08. The summed E-state index contributed by atoms with van der Waals surface area (Å²) in [4.78, 5) is 28.4. The van der Waals surface area contributed by atoms with Gasteiger partial charge in [-0.2, -0.15) is 13.2 Å². The smallest absolute Gasteiger partial charge is 0.416 e. The first-order chi connectivity index (χ1) is 15.6. The molecule has 2 unspecified atom stereocenters. The van der Waals surface area contributed by atoms with Crippen LogP contribution in [0.4, 0.5) is 13.2 Å². The zero-order valence-corrected chi connectivity index (χ0v) is 18.6. The molecule has 1 aromatic heterocycles. The Morgan fingerprint density at radius 2 is 2.03 bits per heavy atom. The van der Waals surface area contributed by atoms with Gasteiger partial charge >= 0.3 is 6.18 Å². The van der Waals surface area contributed by atoms with Gasteiger partial charge in [-0.05, 0) is 30.2 Å². The number of nitrogens with one attached hydrogen (secondary N) is 3. The van der Waals surface area contributed by atoms with Crippen molar-refractivity contribution in [2.24, 2.45) is 5.92 Å². The van der Waals surface area contributed by atoms with Crippen molar-refractivity contribution in [3.63, 3.8) is 0 Å². The average Bonchev–Trinajstić information content (AvgIpc) is 2.76. The highest BCUT2D eigenvalue weighted by Gasteiger charge is 2.38. The van der Waals surface area contributed by atoms with Gasteiger partial charge in [-0.15, -0.1) is 0 Å². The zero-order chi connectivity index (χ0) is 24.2. The van der Waals surface area contributed by atoms with Crippen LogP contribution in [0.5, 0.6) is 5.88 Å². The molecule has 0 radical (unpaired) electrons. The van der Waals surface area contributed by atoms with E-state index < -0.39 is 23.9 Å². The molecule has 0 spiro atoms. The molecular weight excluding hydrogens is 437 g/mol. The molecule has 1 aliphatic heterocycles. The van der Waals surface area contributed by atoms with Crippen molar-refractivity contribution in [3.05, 3.63) is 58.8 Å². The number of alkyl halides is 3. The molecule has 2 heterocycles. The van der Waals surface area contributed by atoms with E-state index >= 15 is 0 Å². The summed E-state index contributed by atoms with van der Waals surface area (Å²) in [7, 11) is 0. The SMILES string of the molecule is CCOc1ccc(C2CC(=O)NC(c3cc(CNC(=O)C(C)C)ccc3C(F)(F)F)N2)cn1. The molecule has 2 atom stereocenters. The van der Waals surface area contributed by atoms with Gasteiger partial charge in [0.1, 0.15) is 6.17 Å². The number of pyridine rings is 1. The van der Waals surface area contributed by atoms with Gasteiger partial charge in [-0.1, -0.05) is 26.0 Å². The fourth-order valence-electron chi connectivity index (χ4n) is 3.53. The highest BCUT2D eigenvalue weighted by Crippen LogP contribution is 2.36. The van der Waals surface area contributed by atoms with Crippen molar-refractivity contribution in [2.75, 3.05) is 6.61 Å². The number of carbonyl (C=O) groups excluding carboxylic acids is 2. The molecule has 1 aliphatic rings. The van der Waals surface area contributed by atoms with Gasteiger partial charge in [0.25, 0.3) is 0 Å². The minimum Gasteiger partial charge on any atom is -0.478 e. The molecule has 1 aromatic carbocycles. The number of hydrogen-bond acceptors (Lipinski definition) is 5. The maximum atomic E-state index is 13.8. The lowest BCUT2D eigenvalue weighted by Crippen LogP contribution is -2.47. The molecule has 0 saturated carbocycles. The van der Waals surface area contributed by atoms with E-state index in [9.17, 15) is 22.8 Å². The number of halogens is 3. The maximum Gasteiger partial charge on any atom is 0.416 e. The fraction of sp³-hybridized carbons (Fsp3) is 0.435. The molecule has 0 bridgehead atoms. The molecule has 2 aromatic rings. The number of hydrogen-bond donors (Lipinski definition) is 3. The summed E-state index contributed by atoms with van der Waals surface area (Å²) < 4.78 is 46.6. The number of rotatable bonds is 7. The second-order valence-electron chi connectivity index (χ2n) is 8.08. The summed E-state index contributed by atoms with van der Waals surface area (Å²) in [6.07, 6.45) is -4.09. The van der Waals surface area contributed by atoms with Crippen molar-refractivity contribution >= 4 is 11.8 Å². The van der Waals surface area contributed by atoms with E-state index in [-0.39, 0.29) is 36.3 Å². The number of aromatic nitrogens is 1. The van der Waals surface area contributed by atoms with Crippen LogP contribution in [0.2, 0.25) is 0 Å². The lowest BCUT2D eigenvalue weighted by Gasteiger charge is -2.33. The largest absolute Gasteiger partial charge is 0.478 e. The van der Waals surface area contributed by atoms with Gasteiger partial charge in [-0.25, -0.2) is 4.98 Å². The van der Waals surface area contributed by atoms with E-state index in [0.717, 1.165) is 6.07 Å². The normalized spacial score (nSPS) is 18.7. The topological polar surface area (TPSA) is 92.4 Å². The number of ether oxygens (including phenoxy) is 1. The highest BCUT2D eigenvalue weighted by molar-refractivity contribution is 5.78. The quantitative estimate of drug-likeness (QED) is 0.582. The molecule has 10 heteroatoms. The first kappa shape index (κ1) is 24.5. The molecule has 1 saturated heterocycles. The lowest BCUT2D eigenvalue weighted by molar-refractivity contribution is -0.139. The van der Waals surface area contributed by atoms with Crippen molar-refractivity contribution in [1.82, 2.24) is 20.9 Å². The number of amides is 2. The van der Waals surface area contributed by atoms with E-state index in [1.807, 2.05) is 6.92 Å². The molecule has 3 N–H and O–H groups in total. The summed E-state index contributed by atoms with van der Waals surface area (Å²) in [6, 6.07) is 6.51. The molecule has 178 valence electrons. The Hall–Kier alpha value is -3.14. The van der Waals surface area contributed by atoms with Gasteiger partial charge in [0, 0.05) is 42.8 Å². The Morgan fingerprint density at radius 1 is 1.27 bits per heavy atom. The van der Waals surface area contributed by atoms with Gasteiger partial charge in [0.15, 0.2) is 0 Å². The van der Waals surface area contributed by atoms with Crippen molar-refractivity contribution in [3.8, 4) is 5.88 Å². The van der Waals surface area contributed by atoms with Crippen molar-refractivity contribution in [1.29, 1.82) is 0 Å². The maximum absolute atomic E-state index is 13.8. The van der Waals surface area contributed by atoms with Crippen LogP contribution in [0.1, 0.15) is 61.7 Å². The van der Waals surface area contributed by atoms with Crippen LogP contribution in [-0.2, 0) is 22.3 Å². The highest BCUT2D eigenvalue weighted by atomic mass is 19.4. The van der Waals surface area contributed by atoms with Crippen LogP contribution in [0.15, 0.2) is 36.5 Å². The molecule has 1 fully saturated rings. The Kier molecular flexibility index (Phi) is 7.57. The Bertz CT molecular complexity index is 993. The minimum atomic E-state index is -4.62. The lowest BCUT2D eigenvalue weighted by atomic mass is 9.96. The van der Waals surface area contributed by atoms with E-state index in [0.29, 0.717) is 23.6 Å². The average molecular weight is 464 g/mol. The monoisotopic (exact) mass is 464 g/mol. The van der Waals surface area contributed by atoms with Crippen LogP contribution in [0.3, 0.4) is 0 Å². The predicted octanol–water partition coefficient (Wildman–Crippen LogP) is 3.62. The van der Waals surface area contributed by atoms with E-state index in [4.69, 9.17) is 4.74 Å². The fourth-order valence-corrected chi connectivity index (χ4v) is 3.53. The summed E-state index contributed by atoms with van der Waals surface area (Å²) in [5.74, 6) is -0.414. The van der Waals surface area contributed by atoms with Crippen molar-refractivity contribution in [2.45, 2.75) is 52.1 Å². The standard InChI is InChI=1S/C23H27F3N4O3/c1-4-33-20-8-6-15(12-27-20)18-10-19(31)30-21(29-18)16-9-14(11-28-22(32)13(2)3)5-7-17(16)23(24,25)26/h5-9,12-13,18,21,29H,4,10-11H2,1-3H3,(H,28,32)(H,30,31). The van der Waals surface area contributed by atoms with Gasteiger partial charge in [-0.3, -0.25) is 14.9 Å². The van der Waals surface area contributed by atoms with E-state index in [2.05, 4.69) is 20.9 Å². The van der Waals surface area contributed by atoms with Crippen LogP contribution in [-0.4, -0.2) is 23.4 Å². The summed E-state index contributed by atoms with van der Waals surface area (Å²) >= 11 is 0. The van der Waals surface area contributed by atoms with E-state index in [1.54, 1.807) is 32.2 Å². The van der Waals surface area contributed by atoms with E-state index in [1.165, 1.54) is 12.1 Å². The summed E-state index contributed by atoms with van der Waals surface area (Å²) in [5, 5.41) is 8.39. The first-order valence-corrected chi connectivity index (χ1v) is 10.7. The second kappa shape index (κ2) is 10.2.